The third-order valence-corrected chi connectivity index (χ3v) is 6.81. The van der Waals surface area contributed by atoms with Gasteiger partial charge in [-0.1, -0.05) is 0 Å². The quantitative estimate of drug-likeness (QED) is 0.375. The van der Waals surface area contributed by atoms with Crippen molar-refractivity contribution >= 4 is 50.7 Å². The van der Waals surface area contributed by atoms with Crippen LogP contribution in [0.4, 0.5) is 42.0 Å². The van der Waals surface area contributed by atoms with Crippen LogP contribution in [0.2, 0.25) is 0 Å². The molecule has 1 saturated heterocycles. The van der Waals surface area contributed by atoms with Gasteiger partial charge < -0.3 is 25.2 Å². The second kappa shape index (κ2) is 12.0. The van der Waals surface area contributed by atoms with E-state index in [1.165, 1.54) is 23.1 Å². The standard InChI is InChI=1S/C23H26BrN7O.C2HF3O2/c1-29-10-2-3-20(22(29)32)27-21-19(24)15-25-23(28-21)26-16-4-6-17(7-5-16)30-11-13-31(14-12-30)18-8-9-18;3-2(4,5)1(6)7/h2-7,10,15,18H,8-9,11-14H2,1H3,(H2,25,26,27,28);(H,6,7). The van der Waals surface area contributed by atoms with E-state index in [0.29, 0.717) is 21.9 Å². The molecule has 0 bridgehead atoms. The van der Waals surface area contributed by atoms with Crippen LogP contribution in [0.25, 0.3) is 0 Å². The van der Waals surface area contributed by atoms with Crippen LogP contribution < -0.4 is 21.1 Å². The second-order valence-corrected chi connectivity index (χ2v) is 9.94. The van der Waals surface area contributed by atoms with E-state index in [9.17, 15) is 18.0 Å². The molecule has 1 aliphatic carbocycles. The number of nitrogens with zero attached hydrogens (tertiary/aromatic N) is 5. The molecule has 39 heavy (non-hydrogen) atoms. The molecule has 2 fully saturated rings. The maximum absolute atomic E-state index is 12.3. The first-order chi connectivity index (χ1) is 18.5. The van der Waals surface area contributed by atoms with Crippen molar-refractivity contribution in [2.45, 2.75) is 25.1 Å². The molecule has 14 heteroatoms. The molecule has 0 amide bonds. The molecule has 3 heterocycles. The van der Waals surface area contributed by atoms with Crippen LogP contribution in [0.1, 0.15) is 12.8 Å². The van der Waals surface area contributed by atoms with Crippen LogP contribution in [0, 0.1) is 0 Å². The number of carboxylic acids is 1. The van der Waals surface area contributed by atoms with Gasteiger partial charge >= 0.3 is 12.1 Å². The molecule has 1 saturated carbocycles. The number of pyridine rings is 1. The average Bonchev–Trinajstić information content (AvgIpc) is 3.75. The molecule has 3 aromatic rings. The lowest BCUT2D eigenvalue weighted by atomic mass is 10.2. The normalized spacial score (nSPS) is 15.8. The number of nitrogens with one attached hydrogen (secondary N) is 2. The van der Waals surface area contributed by atoms with E-state index < -0.39 is 12.1 Å². The highest BCUT2D eigenvalue weighted by Gasteiger charge is 2.38. The van der Waals surface area contributed by atoms with Gasteiger partial charge in [-0.05, 0) is 65.2 Å². The van der Waals surface area contributed by atoms with E-state index in [4.69, 9.17) is 9.90 Å². The predicted molar refractivity (Wildman–Crippen MR) is 145 cm³/mol. The van der Waals surface area contributed by atoms with Gasteiger partial charge in [-0.2, -0.15) is 18.2 Å². The van der Waals surface area contributed by atoms with Crippen molar-refractivity contribution < 1.29 is 23.1 Å². The Morgan fingerprint density at radius 2 is 1.72 bits per heavy atom. The molecule has 2 aliphatic rings. The first-order valence-electron chi connectivity index (χ1n) is 12.1. The van der Waals surface area contributed by atoms with Gasteiger partial charge in [-0.15, -0.1) is 0 Å². The van der Waals surface area contributed by atoms with E-state index in [1.807, 2.05) is 18.2 Å². The average molecular weight is 610 g/mol. The van der Waals surface area contributed by atoms with Gasteiger partial charge in [0.1, 0.15) is 5.69 Å². The van der Waals surface area contributed by atoms with Crippen molar-refractivity contribution in [2.75, 3.05) is 41.7 Å². The highest BCUT2D eigenvalue weighted by Crippen LogP contribution is 2.29. The minimum Gasteiger partial charge on any atom is -0.475 e. The molecule has 0 unspecified atom stereocenters. The van der Waals surface area contributed by atoms with Crippen LogP contribution in [-0.2, 0) is 11.8 Å². The molecule has 10 nitrogen and oxygen atoms in total. The summed E-state index contributed by atoms with van der Waals surface area (Å²) in [5, 5.41) is 13.5. The Kier molecular flexibility index (Phi) is 8.75. The van der Waals surface area contributed by atoms with Crippen molar-refractivity contribution in [3.63, 3.8) is 0 Å². The lowest BCUT2D eigenvalue weighted by Crippen LogP contribution is -2.47. The summed E-state index contributed by atoms with van der Waals surface area (Å²) in [7, 11) is 1.71. The number of anilines is 5. The maximum Gasteiger partial charge on any atom is 0.490 e. The number of hydrogen-bond donors (Lipinski definition) is 3. The van der Waals surface area contributed by atoms with Gasteiger partial charge in [0, 0.05) is 63.0 Å². The summed E-state index contributed by atoms with van der Waals surface area (Å²) < 4.78 is 33.9. The van der Waals surface area contributed by atoms with Crippen molar-refractivity contribution in [1.29, 1.82) is 0 Å². The molecule has 5 rings (SSSR count). The Hall–Kier alpha value is -3.65. The minimum atomic E-state index is -5.08. The molecule has 0 spiro atoms. The number of carboxylic acid groups (broad SMARTS) is 1. The Morgan fingerprint density at radius 1 is 1.08 bits per heavy atom. The van der Waals surface area contributed by atoms with Crippen molar-refractivity contribution in [1.82, 2.24) is 19.4 Å². The Labute approximate surface area is 230 Å². The fraction of sp³-hybridized carbons (Fsp3) is 0.360. The van der Waals surface area contributed by atoms with E-state index >= 15 is 0 Å². The number of piperazine rings is 1. The lowest BCUT2D eigenvalue weighted by molar-refractivity contribution is -0.192. The van der Waals surface area contributed by atoms with Gasteiger partial charge in [0.05, 0.1) is 4.47 Å². The van der Waals surface area contributed by atoms with Crippen molar-refractivity contribution in [3.8, 4) is 0 Å². The van der Waals surface area contributed by atoms with Gasteiger partial charge in [0.15, 0.2) is 5.82 Å². The molecular weight excluding hydrogens is 583 g/mol. The summed E-state index contributed by atoms with van der Waals surface area (Å²) in [6.07, 6.45) is 1.04. The largest absolute Gasteiger partial charge is 0.490 e. The number of aromatic nitrogens is 3. The monoisotopic (exact) mass is 609 g/mol. The number of rotatable bonds is 6. The number of aliphatic carboxylic acids is 1. The number of aryl methyl sites for hydroxylation is 1. The molecule has 208 valence electrons. The summed E-state index contributed by atoms with van der Waals surface area (Å²) in [4.78, 5) is 35.1. The molecule has 2 aromatic heterocycles. The zero-order chi connectivity index (χ0) is 28.2. The molecule has 1 aromatic carbocycles. The molecule has 0 atom stereocenters. The van der Waals surface area contributed by atoms with Gasteiger partial charge in [0.2, 0.25) is 5.95 Å². The number of carbonyl (C=O) groups is 1. The maximum atomic E-state index is 12.3. The first kappa shape index (κ1) is 28.4. The lowest BCUT2D eigenvalue weighted by Gasteiger charge is -2.36. The third kappa shape index (κ3) is 7.69. The van der Waals surface area contributed by atoms with E-state index in [2.05, 4.69) is 58.5 Å². The van der Waals surface area contributed by atoms with Gasteiger partial charge in [-0.25, -0.2) is 9.78 Å². The Morgan fingerprint density at radius 3 is 2.31 bits per heavy atom. The zero-order valence-electron chi connectivity index (χ0n) is 21.0. The van der Waals surface area contributed by atoms with Crippen molar-refractivity contribution in [2.24, 2.45) is 7.05 Å². The predicted octanol–water partition coefficient (Wildman–Crippen LogP) is 4.34. The van der Waals surface area contributed by atoms with E-state index in [1.54, 1.807) is 25.5 Å². The second-order valence-electron chi connectivity index (χ2n) is 9.08. The number of alkyl halides is 3. The van der Waals surface area contributed by atoms with Crippen LogP contribution in [0.3, 0.4) is 0 Å². The van der Waals surface area contributed by atoms with E-state index in [-0.39, 0.29) is 5.56 Å². The topological polar surface area (TPSA) is 116 Å². The van der Waals surface area contributed by atoms with Crippen LogP contribution >= 0.6 is 15.9 Å². The summed E-state index contributed by atoms with van der Waals surface area (Å²) in [6.45, 7) is 4.45. The SMILES string of the molecule is Cn1cccc(Nc2nc(Nc3ccc(N4CCN(C5CC5)CC4)cc3)ncc2Br)c1=O.O=C(O)C(F)(F)F. The summed E-state index contributed by atoms with van der Waals surface area (Å²) in [5.74, 6) is -1.78. The van der Waals surface area contributed by atoms with Gasteiger partial charge in [0.25, 0.3) is 5.56 Å². The summed E-state index contributed by atoms with van der Waals surface area (Å²) >= 11 is 3.45. The number of halogens is 4. The fourth-order valence-corrected chi connectivity index (χ4v) is 4.29. The van der Waals surface area contributed by atoms with Crippen LogP contribution in [0.15, 0.2) is 58.1 Å². The first-order valence-corrected chi connectivity index (χ1v) is 12.9. The Balaban J connectivity index is 0.000000448. The third-order valence-electron chi connectivity index (χ3n) is 6.23. The van der Waals surface area contributed by atoms with Crippen LogP contribution in [0.5, 0.6) is 0 Å². The van der Waals surface area contributed by atoms with Crippen molar-refractivity contribution in [3.05, 3.63) is 63.6 Å². The summed E-state index contributed by atoms with van der Waals surface area (Å²) in [5.41, 5.74) is 2.48. The van der Waals surface area contributed by atoms with E-state index in [0.717, 1.165) is 37.9 Å². The van der Waals surface area contributed by atoms with Gasteiger partial charge in [-0.3, -0.25) is 9.69 Å². The molecular formula is C25H27BrF3N7O3. The summed E-state index contributed by atoms with van der Waals surface area (Å²) in [6, 6.07) is 12.8. The minimum absolute atomic E-state index is 0.124. The number of benzene rings is 1. The highest BCUT2D eigenvalue weighted by atomic mass is 79.9. The fourth-order valence-electron chi connectivity index (χ4n) is 4.00. The molecule has 1 aliphatic heterocycles. The number of hydrogen-bond acceptors (Lipinski definition) is 8. The molecule has 3 N–H and O–H groups in total. The Bertz CT molecular complexity index is 1360. The zero-order valence-corrected chi connectivity index (χ0v) is 22.5. The highest BCUT2D eigenvalue weighted by molar-refractivity contribution is 9.10. The molecule has 0 radical (unpaired) electrons. The van der Waals surface area contributed by atoms with Crippen LogP contribution in [-0.4, -0.2) is 68.9 Å². The smallest absolute Gasteiger partial charge is 0.475 e.